The summed E-state index contributed by atoms with van der Waals surface area (Å²) >= 11 is 46.1. The van der Waals surface area contributed by atoms with Crippen LogP contribution in [-0.2, 0) is 37.5 Å². The lowest BCUT2D eigenvalue weighted by Gasteiger charge is -2.35. The molecule has 2 aromatic carbocycles. The van der Waals surface area contributed by atoms with Gasteiger partial charge in [-0.25, -0.2) is 24.9 Å². The number of piperidine rings is 1. The molecule has 15 aromatic heterocycles. The van der Waals surface area contributed by atoms with Crippen LogP contribution in [0.3, 0.4) is 0 Å². The second-order valence-corrected chi connectivity index (χ2v) is 43.5. The molecular weight excluding hydrogens is 1890 g/mol. The van der Waals surface area contributed by atoms with Crippen LogP contribution < -0.4 is 0 Å². The van der Waals surface area contributed by atoms with Crippen LogP contribution in [0.4, 0.5) is 0 Å². The Morgan fingerprint density at radius 1 is 0.329 bits per heavy atom. The molecular formula is C111H124Cl7N21O. The molecule has 8 fully saturated rings. The molecule has 0 radical (unpaired) electrons. The van der Waals surface area contributed by atoms with Gasteiger partial charge in [-0.1, -0.05) is 220 Å². The Kier molecular flexibility index (Phi) is 30.2. The summed E-state index contributed by atoms with van der Waals surface area (Å²) in [7, 11) is 1.78. The minimum Gasteiger partial charge on any atom is -0.383 e. The van der Waals surface area contributed by atoms with E-state index in [1.54, 1.807) is 38.1 Å². The summed E-state index contributed by atoms with van der Waals surface area (Å²) in [6, 6.07) is 27.7. The molecule has 0 spiro atoms. The lowest BCUT2D eigenvalue weighted by molar-refractivity contribution is 0.0816. The van der Waals surface area contributed by atoms with Gasteiger partial charge >= 0.3 is 0 Å². The topological polar surface area (TPSA) is 245 Å². The van der Waals surface area contributed by atoms with E-state index in [1.165, 1.54) is 208 Å². The lowest BCUT2D eigenvalue weighted by Crippen LogP contribution is -2.41. The van der Waals surface area contributed by atoms with Crippen molar-refractivity contribution in [3.63, 3.8) is 0 Å². The first-order valence-corrected chi connectivity index (χ1v) is 53.9. The number of nitrogens with zero attached hydrogens (tertiary/aromatic N) is 16. The maximum atomic E-state index is 6.86. The van der Waals surface area contributed by atoms with E-state index >= 15 is 0 Å². The van der Waals surface area contributed by atoms with E-state index in [4.69, 9.17) is 85.9 Å². The number of hydrogen-bond acceptors (Lipinski definition) is 12. The van der Waals surface area contributed by atoms with Crippen molar-refractivity contribution in [2.24, 2.45) is 17.8 Å². The second-order valence-electron chi connectivity index (χ2n) is 40.7. The average Bonchev–Trinajstić information content (AvgIpc) is 1.60. The summed E-state index contributed by atoms with van der Waals surface area (Å²) in [5.41, 5.74) is 23.3. The zero-order valence-electron chi connectivity index (χ0n) is 79.9. The van der Waals surface area contributed by atoms with Crippen molar-refractivity contribution in [2.75, 3.05) is 26.8 Å². The number of nitrogens with one attached hydrogen (secondary N) is 5. The molecule has 7 aliphatic carbocycles. The lowest BCUT2D eigenvalue weighted by atomic mass is 9.87. The number of fused-ring (bicyclic) bond motifs is 5. The average molecular weight is 2020 g/mol. The minimum absolute atomic E-state index is 0.470. The Balaban J connectivity index is 0.000000104. The molecule has 0 bridgehead atoms. The van der Waals surface area contributed by atoms with E-state index in [0.717, 1.165) is 209 Å². The van der Waals surface area contributed by atoms with Gasteiger partial charge in [-0.3, -0.25) is 28.3 Å². The highest BCUT2D eigenvalue weighted by Gasteiger charge is 2.33. The Bertz CT molecular complexity index is 7080. The highest BCUT2D eigenvalue weighted by atomic mass is 35.5. The van der Waals surface area contributed by atoms with Gasteiger partial charge in [0.05, 0.1) is 80.8 Å². The molecule has 1 unspecified atom stereocenters. The molecule has 1 atom stereocenters. The molecule has 7 saturated carbocycles. The van der Waals surface area contributed by atoms with Gasteiger partial charge in [0, 0.05) is 223 Å². The number of likely N-dealkylation sites (tertiary alicyclic amines) is 1. The van der Waals surface area contributed by atoms with Crippen LogP contribution in [0, 0.1) is 17.8 Å². The number of rotatable bonds is 23. The van der Waals surface area contributed by atoms with Gasteiger partial charge in [-0.2, -0.15) is 25.5 Å². The number of ether oxygens (including phenoxy) is 1. The number of hydrogen-bond donors (Lipinski definition) is 5. The fourth-order valence-corrected chi connectivity index (χ4v) is 24.6. The summed E-state index contributed by atoms with van der Waals surface area (Å²) in [5.74, 6) is 5.19. The zero-order valence-corrected chi connectivity index (χ0v) is 85.2. The highest BCUT2D eigenvalue weighted by Crippen LogP contribution is 2.49. The Morgan fingerprint density at radius 2 is 0.657 bits per heavy atom. The van der Waals surface area contributed by atoms with Crippen LogP contribution in [0.25, 0.3) is 111 Å². The van der Waals surface area contributed by atoms with Gasteiger partial charge < -0.3 is 29.7 Å². The molecule has 5 N–H and O–H groups in total. The zero-order chi connectivity index (χ0) is 95.3. The van der Waals surface area contributed by atoms with Crippen molar-refractivity contribution in [3.8, 4) is 55.6 Å². The first-order chi connectivity index (χ1) is 68.6. The third kappa shape index (κ3) is 22.2. The van der Waals surface area contributed by atoms with Gasteiger partial charge in [0.25, 0.3) is 0 Å². The van der Waals surface area contributed by atoms with E-state index in [1.807, 2.05) is 81.6 Å². The molecule has 25 rings (SSSR count). The third-order valence-corrected chi connectivity index (χ3v) is 32.9. The number of aromatic amines is 5. The summed E-state index contributed by atoms with van der Waals surface area (Å²) in [5, 5.41) is 33.0. The normalized spacial score (nSPS) is 17.6. The molecule has 1 saturated heterocycles. The largest absolute Gasteiger partial charge is 0.383 e. The maximum Gasteiger partial charge on any atom is 0.139 e. The Labute approximate surface area is 853 Å². The number of benzene rings is 2. The van der Waals surface area contributed by atoms with Crippen LogP contribution in [0.1, 0.15) is 269 Å². The van der Waals surface area contributed by atoms with Crippen molar-refractivity contribution >= 4 is 136 Å². The Hall–Kier alpha value is -10.1. The van der Waals surface area contributed by atoms with Crippen LogP contribution >= 0.6 is 81.2 Å². The number of methoxy groups -OCH3 is 1. The molecule has 728 valence electrons. The SMILES string of the molecule is COCC(C)N1CCC(c2cc3c(-c4cnn(CC5CC5)c4)c(Cl)cnc3[nH]2)CC1.Clc1ccccc1Cn1cc(-c2c(Cl)cnc3[nH]c(C4CCCCC4)cc23)cn1.Clc1cnc2[nH]c(C3CCCCC3)c(Cl)c2c1-c1cnn(CC2CC2)c1.Clc1cnc2[nH]c(C3CCCCC3)cc2c1-c1cnn(CC2CCCC2)c1.Clc1cnc2[nH]c(C3CCCCC3)cc2c1-c1cnn(Cc2ccccc2)c1. The molecule has 22 nitrogen and oxygen atoms in total. The van der Waals surface area contributed by atoms with Gasteiger partial charge in [0.1, 0.15) is 28.2 Å². The van der Waals surface area contributed by atoms with Gasteiger partial charge in [-0.05, 0) is 200 Å². The van der Waals surface area contributed by atoms with E-state index in [9.17, 15) is 0 Å². The van der Waals surface area contributed by atoms with Crippen molar-refractivity contribution in [3.05, 3.63) is 247 Å². The van der Waals surface area contributed by atoms with Crippen molar-refractivity contribution in [1.82, 2.24) is 104 Å². The molecule has 29 heteroatoms. The maximum absolute atomic E-state index is 6.86. The minimum atomic E-state index is 0.470. The standard InChI is InChI=1S/C23H22Cl2N4.C23H30ClN5O.C23H23ClN4.C22H27ClN4.C20H22Cl2N4/c24-19-9-5-4-8-16(19)13-29-14-17(11-27-29)22-18-10-21(15-6-2-1-3-7-15)28-23(18)26-12-20(22)25;1-15(14-30-2)28-7-5-17(6-8-28)21-9-19-22(20(24)11-25-23(19)27-21)18-10-26-29(13-18)12-16-3-4-16;24-20-13-25-23-19(11-21(27-23)17-9-5-2-6-10-17)22(20)18-12-26-28(15-18)14-16-7-3-1-4-8-16;23-19-12-24-22-18(10-20(26-22)16-8-2-1-3-9-16)21(19)17-11-25-27(14-17)13-15-6-4-5-7-15;21-15-9-23-20-17(18(22)19(25-20)13-4-2-1-3-5-13)16(15)14-8-24-26(11-14)10-12-6-7-12/h4-5,8-12,14-15H,1-3,6-7,13H2,(H,26,28);9-11,13,15-17H,3-8,12,14H2,1-2H3,(H,25,27);1,3-4,7-8,11-13,15,17H,2,5-6,9-10,14H2,(H,25,27);10-12,14-16H,1-9,13H2,(H,24,26);8-9,11-13H,1-7,10H2,(H,23,25). The predicted molar refractivity (Wildman–Crippen MR) is 568 cm³/mol. The first kappa shape index (κ1) is 96.0. The monoisotopic (exact) mass is 2010 g/mol. The van der Waals surface area contributed by atoms with Crippen LogP contribution in [-0.4, -0.2) is 136 Å². The van der Waals surface area contributed by atoms with E-state index in [0.29, 0.717) is 67.3 Å². The molecule has 140 heavy (non-hydrogen) atoms. The Morgan fingerprint density at radius 3 is 1.05 bits per heavy atom. The summed E-state index contributed by atoms with van der Waals surface area (Å²) in [6.45, 7) is 9.60. The van der Waals surface area contributed by atoms with Crippen LogP contribution in [0.5, 0.6) is 0 Å². The molecule has 1 aliphatic heterocycles. The van der Waals surface area contributed by atoms with Crippen molar-refractivity contribution < 1.29 is 4.74 Å². The quantitative estimate of drug-likeness (QED) is 0.0401. The molecule has 8 aliphatic rings. The number of aromatic nitrogens is 20. The molecule has 0 amide bonds. The van der Waals surface area contributed by atoms with Crippen LogP contribution in [0.15, 0.2) is 172 Å². The highest BCUT2D eigenvalue weighted by molar-refractivity contribution is 6.41. The predicted octanol–water partition coefficient (Wildman–Crippen LogP) is 30.2. The third-order valence-electron chi connectivity index (χ3n) is 30.7. The molecule has 16 heterocycles. The fourth-order valence-electron chi connectivity index (χ4n) is 22.7. The van der Waals surface area contributed by atoms with E-state index in [-0.39, 0.29) is 0 Å². The van der Waals surface area contributed by atoms with Gasteiger partial charge in [0.2, 0.25) is 0 Å². The summed E-state index contributed by atoms with van der Waals surface area (Å²) < 4.78 is 15.4. The van der Waals surface area contributed by atoms with Gasteiger partial charge in [0.15, 0.2) is 0 Å². The first-order valence-electron chi connectivity index (χ1n) is 51.3. The second kappa shape index (κ2) is 44.0. The number of H-pyrrole nitrogens is 5. The number of pyridine rings is 5. The van der Waals surface area contributed by atoms with Crippen molar-refractivity contribution in [1.29, 1.82) is 0 Å². The molecule has 17 aromatic rings. The van der Waals surface area contributed by atoms with Gasteiger partial charge in [-0.15, -0.1) is 0 Å². The van der Waals surface area contributed by atoms with Crippen LogP contribution in [0.2, 0.25) is 35.2 Å². The number of halogens is 7. The summed E-state index contributed by atoms with van der Waals surface area (Å²) in [4.78, 5) is 43.0. The van der Waals surface area contributed by atoms with E-state index < -0.39 is 0 Å². The smallest absolute Gasteiger partial charge is 0.139 e. The fraction of sp³-hybridized carbons (Fsp3) is 0.441. The summed E-state index contributed by atoms with van der Waals surface area (Å²) in [6.07, 6.45) is 67.4. The van der Waals surface area contributed by atoms with E-state index in [2.05, 4.69) is 170 Å². The van der Waals surface area contributed by atoms with Crippen molar-refractivity contribution in [2.45, 2.75) is 268 Å².